The molecular weight excluding hydrogens is 350 g/mol. The molecule has 0 bridgehead atoms. The first-order valence-electron chi connectivity index (χ1n) is 7.81. The molecule has 4 rings (SSSR count). The van der Waals surface area contributed by atoms with Crippen molar-refractivity contribution in [3.8, 4) is 0 Å². The molecule has 0 spiro atoms. The molecule has 2 aromatic heterocycles. The second-order valence-electron chi connectivity index (χ2n) is 5.63. The number of hydrogen-bond acceptors (Lipinski definition) is 5. The number of anilines is 2. The fourth-order valence-electron chi connectivity index (χ4n) is 2.64. The topological polar surface area (TPSA) is 46.1 Å². The molecule has 0 unspecified atom stereocenters. The zero-order valence-electron chi connectivity index (χ0n) is 13.8. The third kappa shape index (κ3) is 2.94. The van der Waals surface area contributed by atoms with E-state index >= 15 is 0 Å². The van der Waals surface area contributed by atoms with Crippen LogP contribution in [0.3, 0.4) is 0 Å². The molecule has 0 radical (unpaired) electrons. The number of benzene rings is 2. The van der Waals surface area contributed by atoms with Gasteiger partial charge in [-0.15, -0.1) is 11.3 Å². The summed E-state index contributed by atoms with van der Waals surface area (Å²) in [6, 6.07) is 15.8. The Hall–Kier alpha value is -2.57. The minimum Gasteiger partial charge on any atom is -0.267 e. The van der Waals surface area contributed by atoms with Crippen molar-refractivity contribution in [2.24, 2.45) is 0 Å². The van der Waals surface area contributed by atoms with Crippen molar-refractivity contribution in [2.45, 2.75) is 13.8 Å². The molecule has 0 saturated heterocycles. The molecule has 0 aliphatic heterocycles. The molecule has 0 atom stereocenters. The van der Waals surface area contributed by atoms with E-state index in [0.717, 1.165) is 26.5 Å². The number of aromatic nitrogens is 2. The molecule has 0 saturated carbocycles. The van der Waals surface area contributed by atoms with Gasteiger partial charge in [-0.05, 0) is 37.6 Å². The molecule has 4 aromatic rings. The molecule has 1 amide bonds. The molecule has 2 aromatic carbocycles. The number of thiazole rings is 2. The number of para-hydroxylation sites is 2. The summed E-state index contributed by atoms with van der Waals surface area (Å²) in [5.74, 6) is -0.0982. The Morgan fingerprint density at radius 3 is 2.48 bits per heavy atom. The first-order valence-corrected chi connectivity index (χ1v) is 9.45. The fourth-order valence-corrected chi connectivity index (χ4v) is 4.33. The highest BCUT2D eigenvalue weighted by molar-refractivity contribution is 7.22. The van der Waals surface area contributed by atoms with Crippen LogP contribution >= 0.6 is 22.7 Å². The van der Waals surface area contributed by atoms with Crippen LogP contribution in [0.4, 0.5) is 10.8 Å². The average molecular weight is 365 g/mol. The molecule has 0 N–H and O–H groups in total. The SMILES string of the molecule is Cc1ncc(C(=O)N(c2nc3ccccc3s2)c2ccccc2C)s1. The maximum absolute atomic E-state index is 13.3. The average Bonchev–Trinajstić information content (AvgIpc) is 3.22. The molecule has 25 heavy (non-hydrogen) atoms. The molecule has 6 heteroatoms. The van der Waals surface area contributed by atoms with Gasteiger partial charge in [0.25, 0.3) is 5.91 Å². The van der Waals surface area contributed by atoms with E-state index in [1.54, 1.807) is 11.1 Å². The van der Waals surface area contributed by atoms with Crippen LogP contribution in [0.2, 0.25) is 0 Å². The van der Waals surface area contributed by atoms with Gasteiger partial charge in [-0.25, -0.2) is 9.97 Å². The van der Waals surface area contributed by atoms with Crippen molar-refractivity contribution in [3.05, 3.63) is 70.2 Å². The number of rotatable bonds is 3. The van der Waals surface area contributed by atoms with E-state index in [9.17, 15) is 4.79 Å². The van der Waals surface area contributed by atoms with E-state index in [1.807, 2.05) is 62.4 Å². The lowest BCUT2D eigenvalue weighted by Gasteiger charge is -2.21. The van der Waals surface area contributed by atoms with Gasteiger partial charge < -0.3 is 0 Å². The Balaban J connectivity index is 1.89. The monoisotopic (exact) mass is 365 g/mol. The predicted octanol–water partition coefficient (Wildman–Crippen LogP) is 5.35. The van der Waals surface area contributed by atoms with Crippen molar-refractivity contribution in [1.82, 2.24) is 9.97 Å². The Kier molecular flexibility index (Phi) is 4.07. The molecule has 0 fully saturated rings. The lowest BCUT2D eigenvalue weighted by Crippen LogP contribution is -2.25. The fraction of sp³-hybridized carbons (Fsp3) is 0.105. The van der Waals surface area contributed by atoms with Gasteiger partial charge >= 0.3 is 0 Å². The Morgan fingerprint density at radius 2 is 1.76 bits per heavy atom. The summed E-state index contributed by atoms with van der Waals surface area (Å²) in [5.41, 5.74) is 2.77. The van der Waals surface area contributed by atoms with Crippen LogP contribution in [0.25, 0.3) is 10.2 Å². The minimum absolute atomic E-state index is 0.0982. The van der Waals surface area contributed by atoms with Gasteiger partial charge in [0.05, 0.1) is 27.1 Å². The van der Waals surface area contributed by atoms with Crippen LogP contribution in [-0.2, 0) is 0 Å². The number of carbonyl (C=O) groups is 1. The number of amides is 1. The molecular formula is C19H15N3OS2. The lowest BCUT2D eigenvalue weighted by molar-refractivity contribution is 0.100. The highest BCUT2D eigenvalue weighted by atomic mass is 32.1. The zero-order valence-corrected chi connectivity index (χ0v) is 15.4. The summed E-state index contributed by atoms with van der Waals surface area (Å²) in [4.78, 5) is 24.5. The van der Waals surface area contributed by atoms with E-state index < -0.39 is 0 Å². The van der Waals surface area contributed by atoms with Gasteiger partial charge in [-0.2, -0.15) is 0 Å². The third-order valence-corrected chi connectivity index (χ3v) is 5.79. The van der Waals surface area contributed by atoms with Gasteiger partial charge in [0.15, 0.2) is 5.13 Å². The highest BCUT2D eigenvalue weighted by Gasteiger charge is 2.25. The normalized spacial score (nSPS) is 11.0. The molecule has 0 aliphatic rings. The van der Waals surface area contributed by atoms with Crippen molar-refractivity contribution in [2.75, 3.05) is 4.90 Å². The summed E-state index contributed by atoms with van der Waals surface area (Å²) in [6.45, 7) is 3.90. The number of carbonyl (C=O) groups excluding carboxylic acids is 1. The summed E-state index contributed by atoms with van der Waals surface area (Å²) < 4.78 is 1.06. The quantitative estimate of drug-likeness (QED) is 0.492. The standard InChI is InChI=1S/C19H15N3OS2/c1-12-7-3-5-9-15(12)22(18(23)17-11-20-13(2)24-17)19-21-14-8-4-6-10-16(14)25-19/h3-11H,1-2H3. The van der Waals surface area contributed by atoms with Crippen molar-refractivity contribution in [1.29, 1.82) is 0 Å². The molecule has 4 nitrogen and oxygen atoms in total. The number of hydrogen-bond donors (Lipinski definition) is 0. The van der Waals surface area contributed by atoms with Crippen molar-refractivity contribution < 1.29 is 4.79 Å². The summed E-state index contributed by atoms with van der Waals surface area (Å²) in [5, 5.41) is 1.55. The Labute approximate surface area is 153 Å². The van der Waals surface area contributed by atoms with Crippen LogP contribution < -0.4 is 4.90 Å². The zero-order chi connectivity index (χ0) is 17.4. The van der Waals surface area contributed by atoms with Crippen molar-refractivity contribution >= 4 is 49.6 Å². The first kappa shape index (κ1) is 15.9. The van der Waals surface area contributed by atoms with Gasteiger partial charge in [-0.3, -0.25) is 9.69 Å². The molecule has 124 valence electrons. The maximum atomic E-state index is 13.3. The number of fused-ring (bicyclic) bond motifs is 1. The van der Waals surface area contributed by atoms with Gasteiger partial charge in [0, 0.05) is 0 Å². The van der Waals surface area contributed by atoms with E-state index in [0.29, 0.717) is 10.0 Å². The summed E-state index contributed by atoms with van der Waals surface area (Å²) in [6.07, 6.45) is 1.64. The van der Waals surface area contributed by atoms with E-state index in [2.05, 4.69) is 4.98 Å². The van der Waals surface area contributed by atoms with Crippen LogP contribution in [0, 0.1) is 13.8 Å². The second kappa shape index (κ2) is 6.38. The largest absolute Gasteiger partial charge is 0.276 e. The van der Waals surface area contributed by atoms with E-state index in [-0.39, 0.29) is 5.91 Å². The number of nitrogens with zero attached hydrogens (tertiary/aromatic N) is 3. The smallest absolute Gasteiger partial charge is 0.267 e. The van der Waals surface area contributed by atoms with Crippen LogP contribution in [-0.4, -0.2) is 15.9 Å². The van der Waals surface area contributed by atoms with Gasteiger partial charge in [0.1, 0.15) is 4.88 Å². The maximum Gasteiger partial charge on any atom is 0.276 e. The van der Waals surface area contributed by atoms with Crippen LogP contribution in [0.15, 0.2) is 54.7 Å². The number of aryl methyl sites for hydroxylation is 2. The van der Waals surface area contributed by atoms with E-state index in [4.69, 9.17) is 4.98 Å². The van der Waals surface area contributed by atoms with E-state index in [1.165, 1.54) is 22.7 Å². The van der Waals surface area contributed by atoms with Crippen LogP contribution in [0.1, 0.15) is 20.2 Å². The first-order chi connectivity index (χ1) is 12.1. The molecule has 2 heterocycles. The minimum atomic E-state index is -0.0982. The van der Waals surface area contributed by atoms with Crippen molar-refractivity contribution in [3.63, 3.8) is 0 Å². The third-order valence-electron chi connectivity index (χ3n) is 3.87. The van der Waals surface area contributed by atoms with Crippen LogP contribution in [0.5, 0.6) is 0 Å². The second-order valence-corrected chi connectivity index (χ2v) is 7.88. The Morgan fingerprint density at radius 1 is 1.00 bits per heavy atom. The molecule has 0 aliphatic carbocycles. The summed E-state index contributed by atoms with van der Waals surface area (Å²) in [7, 11) is 0. The predicted molar refractivity (Wildman–Crippen MR) is 104 cm³/mol. The summed E-state index contributed by atoms with van der Waals surface area (Å²) >= 11 is 2.92. The van der Waals surface area contributed by atoms with Gasteiger partial charge in [-0.1, -0.05) is 41.7 Å². The lowest BCUT2D eigenvalue weighted by atomic mass is 10.2. The Bertz CT molecular complexity index is 1030. The van der Waals surface area contributed by atoms with Gasteiger partial charge in [0.2, 0.25) is 0 Å². The highest BCUT2D eigenvalue weighted by Crippen LogP contribution is 2.36.